The number of halogens is 1. The van der Waals surface area contributed by atoms with Crippen molar-refractivity contribution in [2.75, 3.05) is 0 Å². The molecule has 6 heteroatoms. The van der Waals surface area contributed by atoms with Crippen LogP contribution in [0.5, 0.6) is 0 Å². The second kappa shape index (κ2) is 6.05. The van der Waals surface area contributed by atoms with Gasteiger partial charge >= 0.3 is 0 Å². The van der Waals surface area contributed by atoms with Gasteiger partial charge in [0, 0.05) is 5.56 Å². The molecule has 0 bridgehead atoms. The molecule has 132 valence electrons. The third-order valence-corrected chi connectivity index (χ3v) is 5.64. The first kappa shape index (κ1) is 17.0. The van der Waals surface area contributed by atoms with Crippen LogP contribution in [0.3, 0.4) is 0 Å². The summed E-state index contributed by atoms with van der Waals surface area (Å²) in [5, 5.41) is 20.3. The Hall–Kier alpha value is -3.48. The highest BCUT2D eigenvalue weighted by molar-refractivity contribution is 5.81. The number of primary amides is 1. The maximum atomic E-state index is 13.4. The first-order valence-corrected chi connectivity index (χ1v) is 8.54. The molecule has 0 radical (unpaired) electrons. The van der Waals surface area contributed by atoms with Gasteiger partial charge in [0.2, 0.25) is 5.41 Å². The van der Waals surface area contributed by atoms with Crippen LogP contribution in [0.1, 0.15) is 28.7 Å². The number of quaternary nitrogens is 1. The summed E-state index contributed by atoms with van der Waals surface area (Å²) >= 11 is 0. The van der Waals surface area contributed by atoms with E-state index in [4.69, 9.17) is 5.73 Å². The number of fused-ring (bicyclic) bond motifs is 3. The fourth-order valence-corrected chi connectivity index (χ4v) is 4.56. The zero-order valence-corrected chi connectivity index (χ0v) is 14.3. The molecule has 2 aliphatic heterocycles. The van der Waals surface area contributed by atoms with Crippen LogP contribution in [0.2, 0.25) is 0 Å². The Morgan fingerprint density at radius 1 is 1.11 bits per heavy atom. The molecule has 1 fully saturated rings. The smallest absolute Gasteiger partial charge is 0.276 e. The van der Waals surface area contributed by atoms with Gasteiger partial charge in [0.1, 0.15) is 5.82 Å². The molecule has 2 aliphatic rings. The van der Waals surface area contributed by atoms with Gasteiger partial charge in [-0.25, -0.2) is 4.39 Å². The lowest BCUT2D eigenvalue weighted by molar-refractivity contribution is -0.885. The van der Waals surface area contributed by atoms with Gasteiger partial charge in [0.25, 0.3) is 5.91 Å². The highest BCUT2D eigenvalue weighted by Gasteiger charge is 2.67. The fraction of sp³-hybridized carbons (Fsp3) is 0.190. The number of hydrogen-bond donors (Lipinski definition) is 2. The zero-order valence-electron chi connectivity index (χ0n) is 14.3. The van der Waals surface area contributed by atoms with Gasteiger partial charge in [-0.05, 0) is 29.3 Å². The Bertz CT molecular complexity index is 1020. The van der Waals surface area contributed by atoms with Crippen LogP contribution in [0.15, 0.2) is 54.7 Å². The van der Waals surface area contributed by atoms with Gasteiger partial charge in [0.15, 0.2) is 12.1 Å². The molecule has 0 saturated carbocycles. The Morgan fingerprint density at radius 3 is 2.41 bits per heavy atom. The van der Waals surface area contributed by atoms with Crippen molar-refractivity contribution in [3.05, 3.63) is 77.2 Å². The Kier molecular flexibility index (Phi) is 3.80. The normalized spacial score (nSPS) is 27.1. The summed E-state index contributed by atoms with van der Waals surface area (Å²) in [6.07, 6.45) is 3.68. The molecule has 3 N–H and O–H groups in total. The summed E-state index contributed by atoms with van der Waals surface area (Å²) in [6.45, 7) is 0. The monoisotopic (exact) mass is 359 g/mol. The predicted molar refractivity (Wildman–Crippen MR) is 95.0 cm³/mol. The standard InChI is InChI=1S/C21H15FN4O/c22-15-7-5-14(6-8-15)17-18(20(25)27)26-10-9-13-3-1-2-4-16(13)19(26)21(17,11-23)12-24/h1-10,17-19H,(H2,25,27)/p+1/t17-,18+,19-/m0/s1. The van der Waals surface area contributed by atoms with Gasteiger partial charge < -0.3 is 5.73 Å². The van der Waals surface area contributed by atoms with E-state index in [1.165, 1.54) is 24.3 Å². The van der Waals surface area contributed by atoms with Crippen molar-refractivity contribution in [2.24, 2.45) is 11.1 Å². The van der Waals surface area contributed by atoms with E-state index in [0.717, 1.165) is 11.1 Å². The lowest BCUT2D eigenvalue weighted by Gasteiger charge is -2.29. The molecule has 1 saturated heterocycles. The second-order valence-corrected chi connectivity index (χ2v) is 6.90. The summed E-state index contributed by atoms with van der Waals surface area (Å²) in [6, 6.07) is 16.1. The number of benzene rings is 2. The first-order chi connectivity index (χ1) is 13.0. The molecule has 1 amide bonds. The van der Waals surface area contributed by atoms with Crippen LogP contribution < -0.4 is 10.6 Å². The lowest BCUT2D eigenvalue weighted by Crippen LogP contribution is -3.12. The van der Waals surface area contributed by atoms with Crippen LogP contribution in [-0.2, 0) is 4.79 Å². The third kappa shape index (κ3) is 2.28. The molecule has 4 rings (SSSR count). The fourth-order valence-electron chi connectivity index (χ4n) is 4.56. The van der Waals surface area contributed by atoms with Crippen molar-refractivity contribution in [1.29, 1.82) is 10.5 Å². The van der Waals surface area contributed by atoms with Crippen molar-refractivity contribution >= 4 is 12.0 Å². The number of carbonyl (C=O) groups is 1. The molecule has 1 unspecified atom stereocenters. The van der Waals surface area contributed by atoms with Crippen LogP contribution >= 0.6 is 0 Å². The molecule has 0 aliphatic carbocycles. The van der Waals surface area contributed by atoms with Crippen LogP contribution in [0, 0.1) is 33.9 Å². The predicted octanol–water partition coefficient (Wildman–Crippen LogP) is 1.42. The SMILES string of the molecule is N#CC1(C#N)[C@@H]2c3ccccc3C=C[NH+]2[C@@H](C(N)=O)[C@@H]1c1ccc(F)cc1. The number of nitriles is 2. The van der Waals surface area contributed by atoms with Crippen molar-refractivity contribution < 1.29 is 14.1 Å². The number of rotatable bonds is 2. The summed E-state index contributed by atoms with van der Waals surface area (Å²) in [7, 11) is 0. The summed E-state index contributed by atoms with van der Waals surface area (Å²) in [5.74, 6) is -1.80. The quantitative estimate of drug-likeness (QED) is 0.849. The lowest BCUT2D eigenvalue weighted by atomic mass is 9.68. The van der Waals surface area contributed by atoms with Crippen molar-refractivity contribution in [1.82, 2.24) is 0 Å². The van der Waals surface area contributed by atoms with Gasteiger partial charge in [-0.2, -0.15) is 10.5 Å². The molecule has 0 aromatic heterocycles. The van der Waals surface area contributed by atoms with Crippen molar-refractivity contribution in [3.63, 3.8) is 0 Å². The number of carbonyl (C=O) groups excluding carboxylic acids is 1. The van der Waals surface area contributed by atoms with E-state index in [-0.39, 0.29) is 0 Å². The Labute approximate surface area is 155 Å². The average molecular weight is 359 g/mol. The van der Waals surface area contributed by atoms with E-state index < -0.39 is 35.1 Å². The topological polar surface area (TPSA) is 95.1 Å². The van der Waals surface area contributed by atoms with Crippen LogP contribution in [-0.4, -0.2) is 11.9 Å². The Balaban J connectivity index is 2.00. The zero-order chi connectivity index (χ0) is 19.2. The van der Waals surface area contributed by atoms with E-state index in [1.54, 1.807) is 6.20 Å². The number of nitrogens with one attached hydrogen (secondary N) is 1. The van der Waals surface area contributed by atoms with Gasteiger partial charge in [-0.1, -0.05) is 36.4 Å². The van der Waals surface area contributed by atoms with E-state index in [0.29, 0.717) is 10.5 Å². The first-order valence-electron chi connectivity index (χ1n) is 8.54. The second-order valence-electron chi connectivity index (χ2n) is 6.90. The van der Waals surface area contributed by atoms with E-state index in [2.05, 4.69) is 12.1 Å². The van der Waals surface area contributed by atoms with Crippen molar-refractivity contribution in [3.8, 4) is 12.1 Å². The largest absolute Gasteiger partial charge is 0.364 e. The molecule has 5 nitrogen and oxygen atoms in total. The number of nitrogens with zero attached hydrogens (tertiary/aromatic N) is 2. The molecule has 4 atom stereocenters. The molecule has 27 heavy (non-hydrogen) atoms. The number of nitrogens with two attached hydrogens (primary N) is 1. The van der Waals surface area contributed by atoms with Gasteiger partial charge in [-0.3, -0.25) is 9.69 Å². The molecule has 2 aromatic carbocycles. The van der Waals surface area contributed by atoms with Gasteiger partial charge in [-0.15, -0.1) is 0 Å². The summed E-state index contributed by atoms with van der Waals surface area (Å²) in [4.78, 5) is 13.1. The van der Waals surface area contributed by atoms with Crippen molar-refractivity contribution in [2.45, 2.75) is 18.0 Å². The molecule has 0 spiro atoms. The van der Waals surface area contributed by atoms with E-state index in [1.807, 2.05) is 30.3 Å². The average Bonchev–Trinajstić information content (AvgIpc) is 3.00. The number of amides is 1. The minimum absolute atomic E-state index is 0.429. The minimum Gasteiger partial charge on any atom is -0.364 e. The number of hydrogen-bond acceptors (Lipinski definition) is 3. The molecular formula is C21H16FN4O+. The molecular weight excluding hydrogens is 343 g/mol. The van der Waals surface area contributed by atoms with Crippen LogP contribution in [0.4, 0.5) is 4.39 Å². The highest BCUT2D eigenvalue weighted by Crippen LogP contribution is 2.51. The van der Waals surface area contributed by atoms with Gasteiger partial charge in [0.05, 0.1) is 24.3 Å². The summed E-state index contributed by atoms with van der Waals surface area (Å²) in [5.41, 5.74) is 6.49. The summed E-state index contributed by atoms with van der Waals surface area (Å²) < 4.78 is 13.4. The maximum absolute atomic E-state index is 13.4. The van der Waals surface area contributed by atoms with E-state index >= 15 is 0 Å². The molecule has 2 aromatic rings. The van der Waals surface area contributed by atoms with E-state index in [9.17, 15) is 19.7 Å². The minimum atomic E-state index is -1.52. The highest BCUT2D eigenvalue weighted by atomic mass is 19.1. The Morgan fingerprint density at radius 2 is 1.78 bits per heavy atom. The molecule has 2 heterocycles. The maximum Gasteiger partial charge on any atom is 0.276 e. The van der Waals surface area contributed by atoms with Crippen LogP contribution in [0.25, 0.3) is 6.08 Å². The third-order valence-electron chi connectivity index (χ3n) is 5.64.